The first-order valence-electron chi connectivity index (χ1n) is 17.4. The number of fused-ring (bicyclic) bond motifs is 5. The standard InChI is InChI=1S/C49H37N/c1-49(2)45-31-26-39(36-18-10-5-11-19-36)32-44(45)47-46(33-40-20-12-13-21-43(40)48(47)49)50(41-27-22-37(23-28-41)34-14-6-3-7-15-34)42-29-24-38(25-30-42)35-16-8-4-9-17-35/h3-33H,1-2H3. The van der Waals surface area contributed by atoms with Crippen LogP contribution in [0.3, 0.4) is 0 Å². The average molecular weight is 640 g/mol. The van der Waals surface area contributed by atoms with Gasteiger partial charge >= 0.3 is 0 Å². The number of anilines is 3. The largest absolute Gasteiger partial charge is 0.310 e. The normalized spacial score (nSPS) is 12.8. The summed E-state index contributed by atoms with van der Waals surface area (Å²) in [6, 6.07) is 68.5. The van der Waals surface area contributed by atoms with E-state index in [1.165, 1.54) is 72.1 Å². The highest BCUT2D eigenvalue weighted by Gasteiger charge is 2.40. The number of benzene rings is 8. The Morgan fingerprint density at radius 3 is 1.38 bits per heavy atom. The molecule has 0 amide bonds. The summed E-state index contributed by atoms with van der Waals surface area (Å²) in [5, 5.41) is 2.56. The first-order valence-corrected chi connectivity index (χ1v) is 17.4. The van der Waals surface area contributed by atoms with Gasteiger partial charge in [-0.05, 0) is 97.2 Å². The van der Waals surface area contributed by atoms with Crippen LogP contribution >= 0.6 is 0 Å². The molecule has 0 saturated heterocycles. The Morgan fingerprint density at radius 2 is 0.840 bits per heavy atom. The van der Waals surface area contributed by atoms with Crippen LogP contribution in [0.5, 0.6) is 0 Å². The lowest BCUT2D eigenvalue weighted by molar-refractivity contribution is 0.666. The summed E-state index contributed by atoms with van der Waals surface area (Å²) in [5.41, 5.74) is 15.9. The third-order valence-corrected chi connectivity index (χ3v) is 10.4. The molecule has 1 heteroatoms. The highest BCUT2D eigenvalue weighted by molar-refractivity contribution is 6.06. The third kappa shape index (κ3) is 5.02. The SMILES string of the molecule is CC1(C)c2ccc(-c3ccccc3)cc2-c2c(N(c3ccc(-c4ccccc4)cc3)c3ccc(-c4ccccc4)cc3)cc3ccccc3c21. The Morgan fingerprint density at radius 1 is 0.400 bits per heavy atom. The van der Waals surface area contributed by atoms with Gasteiger partial charge in [-0.15, -0.1) is 0 Å². The summed E-state index contributed by atoms with van der Waals surface area (Å²) in [5.74, 6) is 0. The number of hydrogen-bond acceptors (Lipinski definition) is 1. The predicted octanol–water partition coefficient (Wildman–Crippen LogP) is 13.6. The van der Waals surface area contributed by atoms with Gasteiger partial charge in [-0.2, -0.15) is 0 Å². The van der Waals surface area contributed by atoms with E-state index in [0.717, 1.165) is 11.4 Å². The molecule has 0 saturated carbocycles. The Balaban J connectivity index is 1.30. The molecule has 0 fully saturated rings. The zero-order chi connectivity index (χ0) is 33.7. The molecule has 0 bridgehead atoms. The third-order valence-electron chi connectivity index (χ3n) is 10.4. The minimum Gasteiger partial charge on any atom is -0.310 e. The minimum absolute atomic E-state index is 0.185. The van der Waals surface area contributed by atoms with Crippen LogP contribution in [-0.4, -0.2) is 0 Å². The molecular weight excluding hydrogens is 603 g/mol. The summed E-state index contributed by atoms with van der Waals surface area (Å²) in [6.07, 6.45) is 0. The maximum absolute atomic E-state index is 2.47. The summed E-state index contributed by atoms with van der Waals surface area (Å²) >= 11 is 0. The van der Waals surface area contributed by atoms with E-state index < -0.39 is 0 Å². The zero-order valence-electron chi connectivity index (χ0n) is 28.3. The second kappa shape index (κ2) is 12.1. The lowest BCUT2D eigenvalue weighted by Gasteiger charge is -2.30. The molecule has 0 atom stereocenters. The van der Waals surface area contributed by atoms with Crippen LogP contribution in [0.15, 0.2) is 188 Å². The van der Waals surface area contributed by atoms with Gasteiger partial charge < -0.3 is 4.90 Å². The fourth-order valence-electron chi connectivity index (χ4n) is 7.97. The molecule has 1 aliphatic carbocycles. The maximum atomic E-state index is 2.47. The van der Waals surface area contributed by atoms with Crippen molar-refractivity contribution in [3.63, 3.8) is 0 Å². The monoisotopic (exact) mass is 639 g/mol. The van der Waals surface area contributed by atoms with Crippen molar-refractivity contribution >= 4 is 27.8 Å². The number of hydrogen-bond donors (Lipinski definition) is 0. The second-order valence-electron chi connectivity index (χ2n) is 13.8. The van der Waals surface area contributed by atoms with Gasteiger partial charge in [-0.1, -0.05) is 166 Å². The molecule has 1 aliphatic rings. The Labute approximate surface area is 294 Å². The van der Waals surface area contributed by atoms with E-state index in [4.69, 9.17) is 0 Å². The molecule has 238 valence electrons. The van der Waals surface area contributed by atoms with E-state index in [1.54, 1.807) is 0 Å². The second-order valence-corrected chi connectivity index (χ2v) is 13.8. The van der Waals surface area contributed by atoms with E-state index >= 15 is 0 Å². The van der Waals surface area contributed by atoms with E-state index in [9.17, 15) is 0 Å². The summed E-state index contributed by atoms with van der Waals surface area (Å²) in [7, 11) is 0. The molecule has 9 rings (SSSR count). The van der Waals surface area contributed by atoms with Gasteiger partial charge in [0.05, 0.1) is 5.69 Å². The average Bonchev–Trinajstić information content (AvgIpc) is 3.43. The molecule has 0 aliphatic heterocycles. The topological polar surface area (TPSA) is 3.24 Å². The van der Waals surface area contributed by atoms with Crippen molar-refractivity contribution in [2.75, 3.05) is 4.90 Å². The Hall–Kier alpha value is -6.18. The van der Waals surface area contributed by atoms with Crippen LogP contribution < -0.4 is 4.90 Å². The highest BCUT2D eigenvalue weighted by Crippen LogP contribution is 2.57. The van der Waals surface area contributed by atoms with E-state index in [0.29, 0.717) is 0 Å². The maximum Gasteiger partial charge on any atom is 0.0549 e. The molecule has 0 radical (unpaired) electrons. The molecular formula is C49H37N. The van der Waals surface area contributed by atoms with Gasteiger partial charge in [-0.25, -0.2) is 0 Å². The molecule has 0 spiro atoms. The van der Waals surface area contributed by atoms with E-state index in [-0.39, 0.29) is 5.41 Å². The van der Waals surface area contributed by atoms with Crippen LogP contribution in [0.25, 0.3) is 55.3 Å². The van der Waals surface area contributed by atoms with Gasteiger partial charge in [0.1, 0.15) is 0 Å². The van der Waals surface area contributed by atoms with Crippen molar-refractivity contribution in [3.8, 4) is 44.5 Å². The van der Waals surface area contributed by atoms with Gasteiger partial charge in [0.15, 0.2) is 0 Å². The molecule has 8 aromatic carbocycles. The van der Waals surface area contributed by atoms with Gasteiger partial charge in [0.25, 0.3) is 0 Å². The van der Waals surface area contributed by atoms with Crippen molar-refractivity contribution in [1.29, 1.82) is 0 Å². The quantitative estimate of drug-likeness (QED) is 0.175. The summed E-state index contributed by atoms with van der Waals surface area (Å²) in [4.78, 5) is 2.47. The van der Waals surface area contributed by atoms with Crippen LogP contribution in [0.1, 0.15) is 25.0 Å². The van der Waals surface area contributed by atoms with Gasteiger partial charge in [0.2, 0.25) is 0 Å². The molecule has 0 heterocycles. The van der Waals surface area contributed by atoms with Gasteiger partial charge in [-0.3, -0.25) is 0 Å². The van der Waals surface area contributed by atoms with Gasteiger partial charge in [0, 0.05) is 22.4 Å². The Bertz CT molecular complexity index is 2380. The van der Waals surface area contributed by atoms with Crippen LogP contribution in [0, 0.1) is 0 Å². The molecule has 1 nitrogen and oxygen atoms in total. The smallest absolute Gasteiger partial charge is 0.0549 e. The van der Waals surface area contributed by atoms with Crippen molar-refractivity contribution in [1.82, 2.24) is 0 Å². The van der Waals surface area contributed by atoms with Crippen molar-refractivity contribution < 1.29 is 0 Å². The van der Waals surface area contributed by atoms with E-state index in [1.807, 2.05) is 0 Å². The van der Waals surface area contributed by atoms with Crippen molar-refractivity contribution in [3.05, 3.63) is 199 Å². The first-order chi connectivity index (χ1) is 24.6. The Kier molecular flexibility index (Phi) is 7.21. The predicted molar refractivity (Wildman–Crippen MR) is 213 cm³/mol. The number of rotatable bonds is 6. The zero-order valence-corrected chi connectivity index (χ0v) is 28.3. The summed E-state index contributed by atoms with van der Waals surface area (Å²) in [6.45, 7) is 4.79. The molecule has 0 N–H and O–H groups in total. The highest BCUT2D eigenvalue weighted by atomic mass is 15.1. The lowest BCUT2D eigenvalue weighted by Crippen LogP contribution is -2.17. The molecule has 0 aromatic heterocycles. The van der Waals surface area contributed by atoms with Crippen molar-refractivity contribution in [2.45, 2.75) is 19.3 Å². The summed E-state index contributed by atoms with van der Waals surface area (Å²) < 4.78 is 0. The fourth-order valence-corrected chi connectivity index (χ4v) is 7.97. The fraction of sp³-hybridized carbons (Fsp3) is 0.0612. The molecule has 50 heavy (non-hydrogen) atoms. The van der Waals surface area contributed by atoms with Crippen molar-refractivity contribution in [2.24, 2.45) is 0 Å². The minimum atomic E-state index is -0.185. The molecule has 0 unspecified atom stereocenters. The first kappa shape index (κ1) is 29.9. The number of nitrogens with zero attached hydrogens (tertiary/aromatic N) is 1. The van der Waals surface area contributed by atoms with Crippen LogP contribution in [0.4, 0.5) is 17.1 Å². The van der Waals surface area contributed by atoms with Crippen LogP contribution in [0.2, 0.25) is 0 Å². The lowest BCUT2D eigenvalue weighted by atomic mass is 9.80. The van der Waals surface area contributed by atoms with Crippen LogP contribution in [-0.2, 0) is 5.41 Å². The van der Waals surface area contributed by atoms with E-state index in [2.05, 4.69) is 207 Å². The molecule has 8 aromatic rings.